The number of ether oxygens (including phenoxy) is 1. The van der Waals surface area contributed by atoms with E-state index in [1.54, 1.807) is 25.4 Å². The van der Waals surface area contributed by atoms with Crippen LogP contribution in [0.4, 0.5) is 0 Å². The standard InChI is InChI=1S/C15H17Cl2N3O2/c1-22-14-12(4-9(16)5-13(14)17)15-18-2-3-20(15)11-6-10(8-21)19-7-11/h2-5,10-11,19,21H,6-8H2,1H3/t10-,11+/m0/s1. The van der Waals surface area contributed by atoms with Crippen LogP contribution in [0.3, 0.4) is 0 Å². The second-order valence-electron chi connectivity index (χ2n) is 5.30. The predicted molar refractivity (Wildman–Crippen MR) is 86.8 cm³/mol. The second kappa shape index (κ2) is 6.46. The Morgan fingerprint density at radius 1 is 1.45 bits per heavy atom. The molecule has 2 aromatic rings. The molecule has 0 unspecified atom stereocenters. The fraction of sp³-hybridized carbons (Fsp3) is 0.400. The molecule has 0 bridgehead atoms. The van der Waals surface area contributed by atoms with Gasteiger partial charge in [0.2, 0.25) is 0 Å². The van der Waals surface area contributed by atoms with Crippen molar-refractivity contribution in [3.8, 4) is 17.1 Å². The van der Waals surface area contributed by atoms with Crippen LogP contribution in [0.1, 0.15) is 12.5 Å². The number of aliphatic hydroxyl groups excluding tert-OH is 1. The Morgan fingerprint density at radius 3 is 2.95 bits per heavy atom. The number of aromatic nitrogens is 2. The molecule has 1 aromatic heterocycles. The summed E-state index contributed by atoms with van der Waals surface area (Å²) >= 11 is 12.3. The average Bonchev–Trinajstić information content (AvgIpc) is 3.15. The third-order valence-electron chi connectivity index (χ3n) is 3.93. The molecular weight excluding hydrogens is 325 g/mol. The zero-order valence-electron chi connectivity index (χ0n) is 12.1. The summed E-state index contributed by atoms with van der Waals surface area (Å²) in [5.74, 6) is 1.31. The highest BCUT2D eigenvalue weighted by atomic mass is 35.5. The highest BCUT2D eigenvalue weighted by molar-refractivity contribution is 6.36. The third kappa shape index (κ3) is 2.82. The molecule has 1 saturated heterocycles. The molecule has 0 amide bonds. The van der Waals surface area contributed by atoms with E-state index in [9.17, 15) is 5.11 Å². The van der Waals surface area contributed by atoms with Crippen molar-refractivity contribution in [1.82, 2.24) is 14.9 Å². The molecule has 0 saturated carbocycles. The van der Waals surface area contributed by atoms with Crippen LogP contribution in [0.25, 0.3) is 11.4 Å². The van der Waals surface area contributed by atoms with E-state index in [0.29, 0.717) is 15.8 Å². The van der Waals surface area contributed by atoms with Gasteiger partial charge < -0.3 is 19.7 Å². The zero-order chi connectivity index (χ0) is 15.7. The van der Waals surface area contributed by atoms with Gasteiger partial charge in [-0.3, -0.25) is 0 Å². The van der Waals surface area contributed by atoms with Crippen molar-refractivity contribution in [3.63, 3.8) is 0 Å². The molecule has 2 atom stereocenters. The van der Waals surface area contributed by atoms with E-state index in [1.807, 2.05) is 6.20 Å². The number of rotatable bonds is 4. The van der Waals surface area contributed by atoms with Gasteiger partial charge in [0.1, 0.15) is 11.6 Å². The van der Waals surface area contributed by atoms with Crippen LogP contribution in [0.15, 0.2) is 24.5 Å². The fourth-order valence-corrected chi connectivity index (χ4v) is 3.47. The summed E-state index contributed by atoms with van der Waals surface area (Å²) in [4.78, 5) is 4.45. The lowest BCUT2D eigenvalue weighted by Gasteiger charge is -2.17. The number of imidazole rings is 1. The maximum absolute atomic E-state index is 9.28. The molecular formula is C15H17Cl2N3O2. The van der Waals surface area contributed by atoms with Crippen LogP contribution in [-0.2, 0) is 0 Å². The van der Waals surface area contributed by atoms with Gasteiger partial charge in [0.05, 0.1) is 24.3 Å². The maximum atomic E-state index is 9.28. The van der Waals surface area contributed by atoms with E-state index in [4.69, 9.17) is 27.9 Å². The molecule has 3 rings (SSSR count). The topological polar surface area (TPSA) is 59.3 Å². The van der Waals surface area contributed by atoms with Crippen molar-refractivity contribution in [3.05, 3.63) is 34.6 Å². The number of nitrogens with one attached hydrogen (secondary N) is 1. The quantitative estimate of drug-likeness (QED) is 0.897. The first kappa shape index (κ1) is 15.6. The van der Waals surface area contributed by atoms with E-state index >= 15 is 0 Å². The minimum atomic E-state index is 0.116. The summed E-state index contributed by atoms with van der Waals surface area (Å²) in [6.07, 6.45) is 4.52. The van der Waals surface area contributed by atoms with Crippen molar-refractivity contribution in [1.29, 1.82) is 0 Å². The Labute approximate surface area is 138 Å². The number of methoxy groups -OCH3 is 1. The summed E-state index contributed by atoms with van der Waals surface area (Å²) in [6.45, 7) is 0.915. The molecule has 1 aliphatic heterocycles. The largest absolute Gasteiger partial charge is 0.494 e. The minimum absolute atomic E-state index is 0.116. The van der Waals surface area contributed by atoms with E-state index < -0.39 is 0 Å². The lowest BCUT2D eigenvalue weighted by Crippen LogP contribution is -2.24. The molecule has 1 aromatic carbocycles. The van der Waals surface area contributed by atoms with Gasteiger partial charge in [-0.25, -0.2) is 4.98 Å². The first-order valence-electron chi connectivity index (χ1n) is 7.04. The van der Waals surface area contributed by atoms with Gasteiger partial charge in [-0.1, -0.05) is 23.2 Å². The van der Waals surface area contributed by atoms with Crippen LogP contribution < -0.4 is 10.1 Å². The Morgan fingerprint density at radius 2 is 2.27 bits per heavy atom. The van der Waals surface area contributed by atoms with Crippen molar-refractivity contribution >= 4 is 23.2 Å². The summed E-state index contributed by atoms with van der Waals surface area (Å²) in [5.41, 5.74) is 0.762. The average molecular weight is 342 g/mol. The molecule has 2 N–H and O–H groups in total. The van der Waals surface area contributed by atoms with E-state index in [0.717, 1.165) is 24.4 Å². The third-order valence-corrected chi connectivity index (χ3v) is 4.43. The summed E-state index contributed by atoms with van der Waals surface area (Å²) < 4.78 is 7.49. The molecule has 0 spiro atoms. The number of nitrogens with zero attached hydrogens (tertiary/aromatic N) is 2. The Balaban J connectivity index is 2.02. The summed E-state index contributed by atoms with van der Waals surface area (Å²) in [7, 11) is 1.57. The molecule has 1 aliphatic rings. The van der Waals surface area contributed by atoms with Crippen LogP contribution in [0.2, 0.25) is 10.0 Å². The van der Waals surface area contributed by atoms with E-state index in [-0.39, 0.29) is 18.7 Å². The Hall–Kier alpha value is -1.27. The molecule has 22 heavy (non-hydrogen) atoms. The van der Waals surface area contributed by atoms with Crippen molar-refractivity contribution in [2.24, 2.45) is 0 Å². The Bertz CT molecular complexity index is 675. The van der Waals surface area contributed by atoms with Crippen LogP contribution >= 0.6 is 23.2 Å². The van der Waals surface area contributed by atoms with Crippen molar-refractivity contribution < 1.29 is 9.84 Å². The number of hydrogen-bond donors (Lipinski definition) is 2. The summed E-state index contributed by atoms with van der Waals surface area (Å²) in [5, 5.41) is 13.6. The van der Waals surface area contributed by atoms with Gasteiger partial charge >= 0.3 is 0 Å². The van der Waals surface area contributed by atoms with Gasteiger partial charge in [0.15, 0.2) is 0 Å². The molecule has 118 valence electrons. The lowest BCUT2D eigenvalue weighted by atomic mass is 10.1. The van der Waals surface area contributed by atoms with Crippen molar-refractivity contribution in [2.45, 2.75) is 18.5 Å². The normalized spacial score (nSPS) is 21.3. The number of halogens is 2. The van der Waals surface area contributed by atoms with Gasteiger partial charge in [0.25, 0.3) is 0 Å². The fourth-order valence-electron chi connectivity index (χ4n) is 2.90. The van der Waals surface area contributed by atoms with Crippen LogP contribution in [-0.4, -0.2) is 41.0 Å². The lowest BCUT2D eigenvalue weighted by molar-refractivity contribution is 0.253. The maximum Gasteiger partial charge on any atom is 0.148 e. The second-order valence-corrected chi connectivity index (χ2v) is 6.15. The van der Waals surface area contributed by atoms with Gasteiger partial charge in [-0.2, -0.15) is 0 Å². The van der Waals surface area contributed by atoms with E-state index in [1.165, 1.54) is 0 Å². The van der Waals surface area contributed by atoms with Gasteiger partial charge in [-0.05, 0) is 18.6 Å². The first-order chi connectivity index (χ1) is 10.6. The smallest absolute Gasteiger partial charge is 0.148 e. The molecule has 1 fully saturated rings. The Kier molecular flexibility index (Phi) is 4.59. The molecule has 2 heterocycles. The minimum Gasteiger partial charge on any atom is -0.494 e. The summed E-state index contributed by atoms with van der Waals surface area (Å²) in [6, 6.07) is 3.79. The molecule has 0 aliphatic carbocycles. The zero-order valence-corrected chi connectivity index (χ0v) is 13.6. The first-order valence-corrected chi connectivity index (χ1v) is 7.80. The predicted octanol–water partition coefficient (Wildman–Crippen LogP) is 2.76. The molecule has 5 nitrogen and oxygen atoms in total. The number of hydrogen-bond acceptors (Lipinski definition) is 4. The highest BCUT2D eigenvalue weighted by Gasteiger charge is 2.27. The van der Waals surface area contributed by atoms with Crippen LogP contribution in [0.5, 0.6) is 5.75 Å². The van der Waals surface area contributed by atoms with Gasteiger partial charge in [0, 0.05) is 36.0 Å². The number of aliphatic hydroxyl groups is 1. The molecule has 0 radical (unpaired) electrons. The monoisotopic (exact) mass is 341 g/mol. The van der Waals surface area contributed by atoms with E-state index in [2.05, 4.69) is 14.9 Å². The van der Waals surface area contributed by atoms with Gasteiger partial charge in [-0.15, -0.1) is 0 Å². The van der Waals surface area contributed by atoms with Crippen LogP contribution in [0, 0.1) is 0 Å². The van der Waals surface area contributed by atoms with Crippen molar-refractivity contribution in [2.75, 3.05) is 20.3 Å². The number of benzene rings is 1. The molecule has 7 heteroatoms. The highest BCUT2D eigenvalue weighted by Crippen LogP contribution is 2.39. The SMILES string of the molecule is COc1c(Cl)cc(Cl)cc1-c1nccn1[C@H]1CN[C@H](CO)C1.